The average Bonchev–Trinajstić information content (AvgIpc) is 2.69. The van der Waals surface area contributed by atoms with Crippen LogP contribution in [0, 0.1) is 10.1 Å². The molecule has 0 bridgehead atoms. The molecule has 148 valence electrons. The topological polar surface area (TPSA) is 101 Å². The van der Waals surface area contributed by atoms with E-state index in [1.54, 1.807) is 42.5 Å². The van der Waals surface area contributed by atoms with Gasteiger partial charge in [-0.15, -0.1) is 0 Å². The highest BCUT2D eigenvalue weighted by Gasteiger charge is 2.28. The predicted molar refractivity (Wildman–Crippen MR) is 103 cm³/mol. The van der Waals surface area contributed by atoms with Crippen LogP contribution >= 0.6 is 0 Å². The molecular weight excluding hydrogens is 382 g/mol. The van der Waals surface area contributed by atoms with Gasteiger partial charge in [0.05, 0.1) is 16.4 Å². The lowest BCUT2D eigenvalue weighted by Gasteiger charge is -2.33. The molecule has 0 aliphatic carbocycles. The molecule has 0 radical (unpaired) electrons. The number of nitro groups is 1. The van der Waals surface area contributed by atoms with Crippen molar-refractivity contribution in [3.8, 4) is 0 Å². The van der Waals surface area contributed by atoms with E-state index >= 15 is 0 Å². The Morgan fingerprint density at radius 3 is 2.14 bits per heavy atom. The molecule has 2 aromatic carbocycles. The zero-order chi connectivity index (χ0) is 20.1. The molecular formula is C19H21N3O5S. The highest BCUT2D eigenvalue weighted by molar-refractivity contribution is 7.89. The van der Waals surface area contributed by atoms with Crippen LogP contribution in [0.25, 0.3) is 0 Å². The largest absolute Gasteiger partial charge is 0.298 e. The van der Waals surface area contributed by atoms with Gasteiger partial charge in [-0.3, -0.25) is 19.8 Å². The van der Waals surface area contributed by atoms with Gasteiger partial charge < -0.3 is 0 Å². The minimum atomic E-state index is -3.51. The van der Waals surface area contributed by atoms with E-state index in [4.69, 9.17) is 0 Å². The van der Waals surface area contributed by atoms with Crippen molar-refractivity contribution in [3.63, 3.8) is 0 Å². The first kappa shape index (κ1) is 20.1. The lowest BCUT2D eigenvalue weighted by atomic mass is 10.1. The first-order valence-corrected chi connectivity index (χ1v) is 10.3. The van der Waals surface area contributed by atoms with Crippen LogP contribution in [-0.4, -0.2) is 61.1 Å². The third-order valence-corrected chi connectivity index (χ3v) is 6.57. The Labute approximate surface area is 163 Å². The summed E-state index contributed by atoms with van der Waals surface area (Å²) < 4.78 is 26.7. The standard InChI is InChI=1S/C19H21N3O5S/c23-18(14-16-6-8-17(9-7-16)22(24)25)15-20-10-12-21(13-11-20)28(26,27)19-4-2-1-3-5-19/h1-9H,10-15H2. The molecule has 1 heterocycles. The van der Waals surface area contributed by atoms with Gasteiger partial charge in [-0.2, -0.15) is 4.31 Å². The molecule has 1 saturated heterocycles. The van der Waals surface area contributed by atoms with E-state index in [9.17, 15) is 23.3 Å². The summed E-state index contributed by atoms with van der Waals surface area (Å²) in [6.07, 6.45) is 0.195. The number of carbonyl (C=O) groups excluding carboxylic acids is 1. The molecule has 9 heteroatoms. The van der Waals surface area contributed by atoms with Crippen LogP contribution in [-0.2, 0) is 21.2 Å². The molecule has 28 heavy (non-hydrogen) atoms. The summed E-state index contributed by atoms with van der Waals surface area (Å²) in [5.41, 5.74) is 0.716. The zero-order valence-electron chi connectivity index (χ0n) is 15.2. The van der Waals surface area contributed by atoms with Crippen LogP contribution in [0.1, 0.15) is 5.56 Å². The van der Waals surface area contributed by atoms with E-state index in [-0.39, 0.29) is 29.3 Å². The van der Waals surface area contributed by atoms with E-state index < -0.39 is 14.9 Å². The van der Waals surface area contributed by atoms with E-state index in [1.165, 1.54) is 16.4 Å². The third kappa shape index (κ3) is 4.80. The summed E-state index contributed by atoms with van der Waals surface area (Å²) in [7, 11) is -3.51. The first-order chi connectivity index (χ1) is 13.4. The van der Waals surface area contributed by atoms with Crippen LogP contribution in [0.5, 0.6) is 0 Å². The summed E-state index contributed by atoms with van der Waals surface area (Å²) in [5.74, 6) is -0.00628. The van der Waals surface area contributed by atoms with E-state index in [2.05, 4.69) is 0 Å². The van der Waals surface area contributed by atoms with Crippen molar-refractivity contribution in [2.24, 2.45) is 0 Å². The molecule has 1 aliphatic heterocycles. The molecule has 0 unspecified atom stereocenters. The van der Waals surface area contributed by atoms with Gasteiger partial charge in [0.25, 0.3) is 5.69 Å². The van der Waals surface area contributed by atoms with Gasteiger partial charge in [0.2, 0.25) is 10.0 Å². The Morgan fingerprint density at radius 2 is 1.57 bits per heavy atom. The van der Waals surface area contributed by atoms with Crippen molar-refractivity contribution < 1.29 is 18.1 Å². The third-order valence-electron chi connectivity index (χ3n) is 4.66. The van der Waals surface area contributed by atoms with Crippen LogP contribution in [0.3, 0.4) is 0 Å². The minimum Gasteiger partial charge on any atom is -0.298 e. The molecule has 8 nitrogen and oxygen atoms in total. The smallest absolute Gasteiger partial charge is 0.269 e. The van der Waals surface area contributed by atoms with Crippen molar-refractivity contribution in [1.29, 1.82) is 0 Å². The molecule has 0 spiro atoms. The highest BCUT2D eigenvalue weighted by Crippen LogP contribution is 2.17. The summed E-state index contributed by atoms with van der Waals surface area (Å²) in [6, 6.07) is 14.3. The fourth-order valence-electron chi connectivity index (χ4n) is 3.14. The summed E-state index contributed by atoms with van der Waals surface area (Å²) >= 11 is 0. The Balaban J connectivity index is 1.51. The van der Waals surface area contributed by atoms with Gasteiger partial charge >= 0.3 is 0 Å². The second kappa shape index (κ2) is 8.59. The summed E-state index contributed by atoms with van der Waals surface area (Å²) in [6.45, 7) is 1.87. The highest BCUT2D eigenvalue weighted by atomic mass is 32.2. The molecule has 0 N–H and O–H groups in total. The fourth-order valence-corrected chi connectivity index (χ4v) is 4.58. The summed E-state index contributed by atoms with van der Waals surface area (Å²) in [4.78, 5) is 24.7. The number of rotatable bonds is 7. The molecule has 3 rings (SSSR count). The maximum atomic E-state index is 12.6. The second-order valence-electron chi connectivity index (χ2n) is 6.63. The second-order valence-corrected chi connectivity index (χ2v) is 8.57. The Bertz CT molecular complexity index is 937. The predicted octanol–water partition coefficient (Wildman–Crippen LogP) is 1.71. The fraction of sp³-hybridized carbons (Fsp3) is 0.316. The van der Waals surface area contributed by atoms with E-state index in [0.717, 1.165) is 5.56 Å². The molecule has 1 fully saturated rings. The number of Topliss-reactive ketones (excluding diaryl/α,β-unsaturated/α-hetero) is 1. The van der Waals surface area contributed by atoms with E-state index in [1.807, 2.05) is 4.90 Å². The van der Waals surface area contributed by atoms with Crippen molar-refractivity contribution in [3.05, 3.63) is 70.3 Å². The van der Waals surface area contributed by atoms with Crippen molar-refractivity contribution in [1.82, 2.24) is 9.21 Å². The Morgan fingerprint density at radius 1 is 0.964 bits per heavy atom. The number of non-ortho nitro benzene ring substituents is 1. The zero-order valence-corrected chi connectivity index (χ0v) is 16.0. The normalized spacial score (nSPS) is 16.0. The van der Waals surface area contributed by atoms with Crippen LogP contribution in [0.2, 0.25) is 0 Å². The number of nitro benzene ring substituents is 1. The number of hydrogen-bond donors (Lipinski definition) is 0. The average molecular weight is 403 g/mol. The van der Waals surface area contributed by atoms with Gasteiger partial charge in [0.1, 0.15) is 0 Å². The number of piperazine rings is 1. The number of carbonyl (C=O) groups is 1. The molecule has 2 aromatic rings. The maximum Gasteiger partial charge on any atom is 0.269 e. The molecule has 0 saturated carbocycles. The number of hydrogen-bond acceptors (Lipinski definition) is 6. The molecule has 1 aliphatic rings. The monoisotopic (exact) mass is 403 g/mol. The van der Waals surface area contributed by atoms with Crippen molar-refractivity contribution in [2.45, 2.75) is 11.3 Å². The SMILES string of the molecule is O=C(Cc1ccc([N+](=O)[O-])cc1)CN1CCN(S(=O)(=O)c2ccccc2)CC1. The van der Waals surface area contributed by atoms with Crippen molar-refractivity contribution in [2.75, 3.05) is 32.7 Å². The summed E-state index contributed by atoms with van der Waals surface area (Å²) in [5, 5.41) is 10.7. The molecule has 0 atom stereocenters. The van der Waals surface area contributed by atoms with Gasteiger partial charge in [0.15, 0.2) is 5.78 Å². The van der Waals surface area contributed by atoms with Crippen LogP contribution < -0.4 is 0 Å². The molecule has 0 aromatic heterocycles. The Kier molecular flexibility index (Phi) is 6.18. The van der Waals surface area contributed by atoms with Crippen molar-refractivity contribution >= 4 is 21.5 Å². The van der Waals surface area contributed by atoms with Crippen LogP contribution in [0.15, 0.2) is 59.5 Å². The quantitative estimate of drug-likeness (QED) is 0.515. The lowest BCUT2D eigenvalue weighted by Crippen LogP contribution is -2.49. The Hall–Kier alpha value is -2.62. The van der Waals surface area contributed by atoms with E-state index in [0.29, 0.717) is 26.2 Å². The maximum absolute atomic E-state index is 12.6. The number of ketones is 1. The van der Waals surface area contributed by atoms with Gasteiger partial charge in [0, 0.05) is 44.7 Å². The van der Waals surface area contributed by atoms with Gasteiger partial charge in [-0.25, -0.2) is 8.42 Å². The van der Waals surface area contributed by atoms with Gasteiger partial charge in [-0.1, -0.05) is 30.3 Å². The number of nitrogens with zero attached hydrogens (tertiary/aromatic N) is 3. The minimum absolute atomic E-state index is 0.00628. The number of sulfonamides is 1. The van der Waals surface area contributed by atoms with Gasteiger partial charge in [-0.05, 0) is 17.7 Å². The van der Waals surface area contributed by atoms with Crippen LogP contribution in [0.4, 0.5) is 5.69 Å². The number of benzene rings is 2. The first-order valence-electron chi connectivity index (χ1n) is 8.89. The molecule has 0 amide bonds. The lowest BCUT2D eigenvalue weighted by molar-refractivity contribution is -0.384.